The van der Waals surface area contributed by atoms with Crippen LogP contribution in [-0.4, -0.2) is 23.6 Å². The van der Waals surface area contributed by atoms with E-state index >= 15 is 0 Å². The summed E-state index contributed by atoms with van der Waals surface area (Å²) in [5, 5.41) is 2.34. The lowest BCUT2D eigenvalue weighted by molar-refractivity contribution is -0.190. The van der Waals surface area contributed by atoms with Crippen LogP contribution in [0.2, 0.25) is 0 Å². The van der Waals surface area contributed by atoms with Gasteiger partial charge in [-0.05, 0) is 27.8 Å². The van der Waals surface area contributed by atoms with Gasteiger partial charge >= 0.3 is 6.18 Å². The van der Waals surface area contributed by atoms with Gasteiger partial charge in [-0.2, -0.15) is 13.2 Å². The number of nitrogens with one attached hydrogen (secondary N) is 1. The van der Waals surface area contributed by atoms with Gasteiger partial charge in [0.05, 0.1) is 0 Å². The highest BCUT2D eigenvalue weighted by Gasteiger charge is 2.47. The third-order valence-corrected chi connectivity index (χ3v) is 4.37. The van der Waals surface area contributed by atoms with E-state index in [1.807, 2.05) is 32.0 Å². The molecule has 2 aromatic rings. The fourth-order valence-corrected chi connectivity index (χ4v) is 3.12. The summed E-state index contributed by atoms with van der Waals surface area (Å²) in [4.78, 5) is 11.4. The Morgan fingerprint density at radius 2 is 1.92 bits per heavy atom. The normalized spacial score (nSPS) is 17.5. The number of fused-ring (bicyclic) bond motifs is 1. The van der Waals surface area contributed by atoms with Crippen LogP contribution in [0, 0.1) is 0 Å². The molecule has 1 N–H and O–H groups in total. The van der Waals surface area contributed by atoms with Crippen molar-refractivity contribution in [2.45, 2.75) is 38.4 Å². The molecule has 3 nitrogen and oxygen atoms in total. The molecule has 0 aliphatic carbocycles. The van der Waals surface area contributed by atoms with Crippen molar-refractivity contribution in [3.8, 4) is 0 Å². The molecule has 1 atom stereocenters. The molecule has 1 fully saturated rings. The van der Waals surface area contributed by atoms with Crippen molar-refractivity contribution in [2.75, 3.05) is 6.54 Å². The van der Waals surface area contributed by atoms with Gasteiger partial charge in [-0.15, -0.1) is 0 Å². The summed E-state index contributed by atoms with van der Waals surface area (Å²) in [6.45, 7) is 4.06. The predicted octanol–water partition coefficient (Wildman–Crippen LogP) is 4.30. The van der Waals surface area contributed by atoms with Gasteiger partial charge < -0.3 is 0 Å². The standard InChI is InChI=1S/C18H19F3N2O/c1-11(2)13-7-6-12-4-3-5-14(15(12)10-13)17(18(19,20)21)23-9-8-16(24)22-23/h3-7,10-11,17H,8-9H2,1-2H3,(H,22,24). The first kappa shape index (κ1) is 16.8. The molecule has 1 aliphatic rings. The smallest absolute Gasteiger partial charge is 0.288 e. The number of halogens is 3. The molecular weight excluding hydrogens is 317 g/mol. The Bertz CT molecular complexity index is 770. The lowest BCUT2D eigenvalue weighted by Gasteiger charge is -2.30. The van der Waals surface area contributed by atoms with E-state index in [1.54, 1.807) is 12.1 Å². The lowest BCUT2D eigenvalue weighted by atomic mass is 9.93. The highest BCUT2D eigenvalue weighted by atomic mass is 19.4. The molecule has 3 rings (SSSR count). The summed E-state index contributed by atoms with van der Waals surface area (Å²) in [6.07, 6.45) is -4.41. The molecule has 0 saturated carbocycles. The summed E-state index contributed by atoms with van der Waals surface area (Å²) in [7, 11) is 0. The van der Waals surface area contributed by atoms with Crippen molar-refractivity contribution in [1.29, 1.82) is 0 Å². The van der Waals surface area contributed by atoms with Crippen molar-refractivity contribution in [1.82, 2.24) is 10.4 Å². The van der Waals surface area contributed by atoms with Crippen LogP contribution in [0.15, 0.2) is 36.4 Å². The van der Waals surface area contributed by atoms with E-state index in [0.29, 0.717) is 5.39 Å². The Labute approximate surface area is 138 Å². The molecular formula is C18H19F3N2O. The Balaban J connectivity index is 2.16. The Morgan fingerprint density at radius 1 is 1.17 bits per heavy atom. The fraction of sp³-hybridized carbons (Fsp3) is 0.389. The van der Waals surface area contributed by atoms with Crippen LogP contribution in [0.25, 0.3) is 10.8 Å². The van der Waals surface area contributed by atoms with Gasteiger partial charge in [0.1, 0.15) is 0 Å². The molecule has 6 heteroatoms. The van der Waals surface area contributed by atoms with E-state index in [1.165, 1.54) is 6.07 Å². The molecule has 1 heterocycles. The molecule has 1 aliphatic heterocycles. The maximum absolute atomic E-state index is 13.8. The number of benzene rings is 2. The Morgan fingerprint density at radius 3 is 2.50 bits per heavy atom. The van der Waals surface area contributed by atoms with Crippen molar-refractivity contribution >= 4 is 16.7 Å². The van der Waals surface area contributed by atoms with E-state index in [0.717, 1.165) is 16.0 Å². The van der Waals surface area contributed by atoms with Gasteiger partial charge in [0.25, 0.3) is 0 Å². The van der Waals surface area contributed by atoms with Gasteiger partial charge in [-0.3, -0.25) is 10.2 Å². The number of amides is 1. The number of carbonyl (C=O) groups excluding carboxylic acids is 1. The van der Waals surface area contributed by atoms with Crippen molar-refractivity contribution in [3.05, 3.63) is 47.5 Å². The highest BCUT2D eigenvalue weighted by molar-refractivity contribution is 5.87. The Kier molecular flexibility index (Phi) is 4.25. The molecule has 1 unspecified atom stereocenters. The third-order valence-electron chi connectivity index (χ3n) is 4.37. The van der Waals surface area contributed by atoms with Crippen LogP contribution in [0.4, 0.5) is 13.2 Å². The number of nitrogens with zero attached hydrogens (tertiary/aromatic N) is 1. The topological polar surface area (TPSA) is 32.3 Å². The molecule has 0 bridgehead atoms. The minimum absolute atomic E-state index is 0.0449. The summed E-state index contributed by atoms with van der Waals surface area (Å²) >= 11 is 0. The highest BCUT2D eigenvalue weighted by Crippen LogP contribution is 2.41. The second kappa shape index (κ2) is 6.09. The average molecular weight is 336 g/mol. The third kappa shape index (κ3) is 3.11. The molecule has 0 spiro atoms. The van der Waals surface area contributed by atoms with Crippen LogP contribution in [0.1, 0.15) is 43.4 Å². The number of hydrogen-bond donors (Lipinski definition) is 1. The minimum atomic E-state index is -4.49. The predicted molar refractivity (Wildman–Crippen MR) is 86.3 cm³/mol. The molecule has 1 saturated heterocycles. The van der Waals surface area contributed by atoms with Gasteiger partial charge in [0.2, 0.25) is 5.91 Å². The fourth-order valence-electron chi connectivity index (χ4n) is 3.12. The maximum Gasteiger partial charge on any atom is 0.409 e. The summed E-state index contributed by atoms with van der Waals surface area (Å²) in [6, 6.07) is 8.69. The molecule has 0 aromatic heterocycles. The zero-order valence-corrected chi connectivity index (χ0v) is 13.5. The minimum Gasteiger partial charge on any atom is -0.288 e. The number of alkyl halides is 3. The van der Waals surface area contributed by atoms with Crippen LogP contribution in [0.5, 0.6) is 0 Å². The largest absolute Gasteiger partial charge is 0.409 e. The first-order valence-corrected chi connectivity index (χ1v) is 7.93. The SMILES string of the molecule is CC(C)c1ccc2cccc(C(N3CCC(=O)N3)C(F)(F)F)c2c1. The second-order valence-corrected chi connectivity index (χ2v) is 6.41. The molecule has 1 amide bonds. The van der Waals surface area contributed by atoms with E-state index in [9.17, 15) is 18.0 Å². The van der Waals surface area contributed by atoms with Crippen LogP contribution in [0.3, 0.4) is 0 Å². The van der Waals surface area contributed by atoms with Crippen LogP contribution in [-0.2, 0) is 4.79 Å². The van der Waals surface area contributed by atoms with Gasteiger partial charge in [0, 0.05) is 13.0 Å². The summed E-state index contributed by atoms with van der Waals surface area (Å²) in [5.74, 6) is -0.161. The zero-order chi connectivity index (χ0) is 17.5. The van der Waals surface area contributed by atoms with Crippen molar-refractivity contribution < 1.29 is 18.0 Å². The van der Waals surface area contributed by atoms with Gasteiger partial charge in [0.15, 0.2) is 6.04 Å². The number of rotatable bonds is 3. The van der Waals surface area contributed by atoms with E-state index in [4.69, 9.17) is 0 Å². The van der Waals surface area contributed by atoms with Crippen molar-refractivity contribution in [2.24, 2.45) is 0 Å². The maximum atomic E-state index is 13.8. The van der Waals surface area contributed by atoms with Crippen LogP contribution < -0.4 is 5.43 Å². The monoisotopic (exact) mass is 336 g/mol. The van der Waals surface area contributed by atoms with E-state index in [-0.39, 0.29) is 30.4 Å². The Hall–Kier alpha value is -2.08. The molecule has 24 heavy (non-hydrogen) atoms. The molecule has 128 valence electrons. The van der Waals surface area contributed by atoms with Crippen molar-refractivity contribution in [3.63, 3.8) is 0 Å². The lowest BCUT2D eigenvalue weighted by Crippen LogP contribution is -2.43. The van der Waals surface area contributed by atoms with E-state index < -0.39 is 12.2 Å². The number of hydrazine groups is 1. The number of hydrogen-bond acceptors (Lipinski definition) is 2. The quantitative estimate of drug-likeness (QED) is 0.906. The first-order chi connectivity index (χ1) is 11.3. The van der Waals surface area contributed by atoms with E-state index in [2.05, 4.69) is 5.43 Å². The molecule has 0 radical (unpaired) electrons. The van der Waals surface area contributed by atoms with Crippen LogP contribution >= 0.6 is 0 Å². The summed E-state index contributed by atoms with van der Waals surface area (Å²) in [5.41, 5.74) is 3.49. The zero-order valence-electron chi connectivity index (χ0n) is 13.5. The first-order valence-electron chi connectivity index (χ1n) is 7.93. The summed E-state index contributed by atoms with van der Waals surface area (Å²) < 4.78 is 41.3. The van der Waals surface area contributed by atoms with Gasteiger partial charge in [-0.25, -0.2) is 5.01 Å². The number of carbonyl (C=O) groups is 1. The van der Waals surface area contributed by atoms with Gasteiger partial charge in [-0.1, -0.05) is 50.2 Å². The second-order valence-electron chi connectivity index (χ2n) is 6.41. The molecule has 2 aromatic carbocycles. The average Bonchev–Trinajstić information content (AvgIpc) is 2.91.